The van der Waals surface area contributed by atoms with Crippen LogP contribution >= 0.6 is 0 Å². The summed E-state index contributed by atoms with van der Waals surface area (Å²) in [6.07, 6.45) is -0.550. The van der Waals surface area contributed by atoms with Crippen LogP contribution < -0.4 is 9.64 Å². The maximum atomic E-state index is 12.9. The van der Waals surface area contributed by atoms with Crippen LogP contribution in [0.4, 0.5) is 10.5 Å². The van der Waals surface area contributed by atoms with E-state index in [-0.39, 0.29) is 6.61 Å². The number of carbonyl (C=O) groups excluding carboxylic acids is 1. The van der Waals surface area contributed by atoms with Crippen LogP contribution in [0.1, 0.15) is 11.1 Å². The highest BCUT2D eigenvalue weighted by Gasteiger charge is 2.20. The molecule has 0 N–H and O–H groups in total. The van der Waals surface area contributed by atoms with E-state index in [4.69, 9.17) is 9.47 Å². The van der Waals surface area contributed by atoms with Crippen molar-refractivity contribution in [2.24, 2.45) is 0 Å². The molecule has 0 saturated heterocycles. The Hall–Kier alpha value is -3.97. The van der Waals surface area contributed by atoms with Crippen molar-refractivity contribution in [1.82, 2.24) is 0 Å². The smallest absolute Gasteiger partial charge is 0.419 e. The van der Waals surface area contributed by atoms with Crippen LogP contribution in [0.3, 0.4) is 0 Å². The minimum atomic E-state index is -0.550. The molecule has 0 spiro atoms. The topological polar surface area (TPSA) is 38.8 Å². The molecule has 3 aromatic carbocycles. The summed E-state index contributed by atoms with van der Waals surface area (Å²) < 4.78 is 10.7. The van der Waals surface area contributed by atoms with Gasteiger partial charge < -0.3 is 9.47 Å². The van der Waals surface area contributed by atoms with Gasteiger partial charge in [0, 0.05) is 5.56 Å². The normalized spacial score (nSPS) is 9.69. The molecule has 3 rings (SSSR count). The summed E-state index contributed by atoms with van der Waals surface area (Å²) in [6.45, 7) is 4.14. The Morgan fingerprint density at radius 3 is 2.17 bits per heavy atom. The van der Waals surface area contributed by atoms with Crippen molar-refractivity contribution < 1.29 is 14.3 Å². The summed E-state index contributed by atoms with van der Waals surface area (Å²) in [7, 11) is 1.59. The molecule has 0 bridgehead atoms. The van der Waals surface area contributed by atoms with Crippen molar-refractivity contribution in [3.63, 3.8) is 0 Å². The first-order chi connectivity index (χ1) is 14.2. The van der Waals surface area contributed by atoms with E-state index in [1.165, 1.54) is 4.90 Å². The Morgan fingerprint density at radius 1 is 0.931 bits per heavy atom. The van der Waals surface area contributed by atoms with Crippen LogP contribution in [0.15, 0.2) is 97.2 Å². The summed E-state index contributed by atoms with van der Waals surface area (Å²) in [5, 5.41) is 0. The lowest BCUT2D eigenvalue weighted by Gasteiger charge is -2.21. The second kappa shape index (κ2) is 9.82. The highest BCUT2D eigenvalue weighted by atomic mass is 16.6. The van der Waals surface area contributed by atoms with Gasteiger partial charge in [0.05, 0.1) is 18.5 Å². The molecular formula is C25H21NO3. The van der Waals surface area contributed by atoms with Crippen molar-refractivity contribution in [1.29, 1.82) is 0 Å². The van der Waals surface area contributed by atoms with Crippen molar-refractivity contribution >= 4 is 11.8 Å². The fourth-order valence-corrected chi connectivity index (χ4v) is 2.61. The standard InChI is InChI=1S/C25H21NO3/c1-20(13-14-21-9-5-3-6-10-21)26(23-15-17-24(28-2)18-16-23)25(27)29-19-22-11-7-4-8-12-22/h3-12,15-18H,1,19H2,2H3. The van der Waals surface area contributed by atoms with E-state index in [9.17, 15) is 4.79 Å². The predicted molar refractivity (Wildman–Crippen MR) is 115 cm³/mol. The number of anilines is 1. The zero-order chi connectivity index (χ0) is 20.5. The zero-order valence-electron chi connectivity index (χ0n) is 16.2. The SMILES string of the molecule is C=C(C#Cc1ccccc1)N(C(=O)OCc1ccccc1)c1ccc(OC)cc1. The average Bonchev–Trinajstić information content (AvgIpc) is 2.78. The van der Waals surface area contributed by atoms with E-state index in [0.717, 1.165) is 11.1 Å². The molecule has 0 saturated carbocycles. The number of hydrogen-bond donors (Lipinski definition) is 0. The third-order valence-corrected chi connectivity index (χ3v) is 4.11. The van der Waals surface area contributed by atoms with Crippen LogP contribution in [-0.4, -0.2) is 13.2 Å². The predicted octanol–water partition coefficient (Wildman–Crippen LogP) is 5.40. The molecular weight excluding hydrogens is 362 g/mol. The second-order valence-corrected chi connectivity index (χ2v) is 6.14. The van der Waals surface area contributed by atoms with E-state index in [0.29, 0.717) is 17.1 Å². The fraction of sp³-hybridized carbons (Fsp3) is 0.0800. The average molecular weight is 383 g/mol. The first-order valence-electron chi connectivity index (χ1n) is 9.08. The maximum absolute atomic E-state index is 12.9. The lowest BCUT2D eigenvalue weighted by atomic mass is 10.2. The van der Waals surface area contributed by atoms with Gasteiger partial charge in [-0.05, 0) is 47.9 Å². The van der Waals surface area contributed by atoms with Crippen molar-refractivity contribution in [3.05, 3.63) is 108 Å². The number of rotatable bonds is 5. The molecule has 0 aliphatic carbocycles. The van der Waals surface area contributed by atoms with Gasteiger partial charge in [0.2, 0.25) is 0 Å². The van der Waals surface area contributed by atoms with Gasteiger partial charge in [0.25, 0.3) is 0 Å². The monoisotopic (exact) mass is 383 g/mol. The van der Waals surface area contributed by atoms with Crippen molar-refractivity contribution in [2.45, 2.75) is 6.61 Å². The molecule has 0 aromatic heterocycles. The molecule has 0 radical (unpaired) electrons. The third-order valence-electron chi connectivity index (χ3n) is 4.11. The van der Waals surface area contributed by atoms with Crippen LogP contribution in [0.5, 0.6) is 5.75 Å². The van der Waals surface area contributed by atoms with Crippen molar-refractivity contribution in [3.8, 4) is 17.6 Å². The lowest BCUT2D eigenvalue weighted by molar-refractivity contribution is 0.149. The minimum absolute atomic E-state index is 0.158. The van der Waals surface area contributed by atoms with E-state index in [1.54, 1.807) is 31.4 Å². The number of hydrogen-bond acceptors (Lipinski definition) is 3. The van der Waals surface area contributed by atoms with Gasteiger partial charge >= 0.3 is 6.09 Å². The molecule has 3 aromatic rings. The molecule has 4 nitrogen and oxygen atoms in total. The highest BCUT2D eigenvalue weighted by molar-refractivity contribution is 5.92. The van der Waals surface area contributed by atoms with E-state index in [2.05, 4.69) is 18.4 Å². The van der Waals surface area contributed by atoms with Gasteiger partial charge in [0.15, 0.2) is 0 Å². The van der Waals surface area contributed by atoms with E-state index < -0.39 is 6.09 Å². The summed E-state index contributed by atoms with van der Waals surface area (Å²) >= 11 is 0. The quantitative estimate of drug-likeness (QED) is 0.554. The van der Waals surface area contributed by atoms with Crippen LogP contribution in [0.2, 0.25) is 0 Å². The summed E-state index contributed by atoms with van der Waals surface area (Å²) in [6, 6.07) is 26.1. The Morgan fingerprint density at radius 2 is 1.55 bits per heavy atom. The Balaban J connectivity index is 1.83. The van der Waals surface area contributed by atoms with Crippen LogP contribution in [-0.2, 0) is 11.3 Å². The molecule has 1 amide bonds. The number of ether oxygens (including phenoxy) is 2. The van der Waals surface area contributed by atoms with Gasteiger partial charge in [0.1, 0.15) is 12.4 Å². The number of amides is 1. The van der Waals surface area contributed by atoms with Gasteiger partial charge in [-0.2, -0.15) is 0 Å². The highest BCUT2D eigenvalue weighted by Crippen LogP contribution is 2.23. The number of nitrogens with zero attached hydrogens (tertiary/aromatic N) is 1. The molecule has 4 heteroatoms. The fourth-order valence-electron chi connectivity index (χ4n) is 2.61. The Bertz CT molecular complexity index is 1020. The number of methoxy groups -OCH3 is 1. The molecule has 0 unspecified atom stereocenters. The summed E-state index contributed by atoms with van der Waals surface area (Å²) in [5.74, 6) is 6.66. The van der Waals surface area contributed by atoms with Crippen LogP contribution in [0, 0.1) is 11.8 Å². The zero-order valence-corrected chi connectivity index (χ0v) is 16.2. The lowest BCUT2D eigenvalue weighted by Crippen LogP contribution is -2.30. The first-order valence-corrected chi connectivity index (χ1v) is 9.08. The van der Waals surface area contributed by atoms with E-state index >= 15 is 0 Å². The van der Waals surface area contributed by atoms with Gasteiger partial charge in [-0.25, -0.2) is 9.69 Å². The van der Waals surface area contributed by atoms with Gasteiger partial charge in [-0.3, -0.25) is 0 Å². The first kappa shape index (κ1) is 19.8. The summed E-state index contributed by atoms with van der Waals surface area (Å²) in [5.41, 5.74) is 2.64. The van der Waals surface area contributed by atoms with Gasteiger partial charge in [-0.1, -0.05) is 61.0 Å². The largest absolute Gasteiger partial charge is 0.497 e. The molecule has 144 valence electrons. The summed E-state index contributed by atoms with van der Waals surface area (Å²) in [4.78, 5) is 14.2. The number of carbonyl (C=O) groups is 1. The van der Waals surface area contributed by atoms with Crippen LogP contribution in [0.25, 0.3) is 0 Å². The van der Waals surface area contributed by atoms with Crippen molar-refractivity contribution in [2.75, 3.05) is 12.0 Å². The molecule has 0 atom stereocenters. The Labute approximate surface area is 171 Å². The minimum Gasteiger partial charge on any atom is -0.497 e. The maximum Gasteiger partial charge on any atom is 0.419 e. The molecule has 0 fully saturated rings. The van der Waals surface area contributed by atoms with Gasteiger partial charge in [-0.15, -0.1) is 0 Å². The third kappa shape index (κ3) is 5.50. The molecule has 0 aliphatic heterocycles. The number of allylic oxidation sites excluding steroid dienone is 1. The molecule has 29 heavy (non-hydrogen) atoms. The Kier molecular flexibility index (Phi) is 6.70. The molecule has 0 aliphatic rings. The van der Waals surface area contributed by atoms with E-state index in [1.807, 2.05) is 60.7 Å². The molecule has 0 heterocycles. The number of benzene rings is 3. The second-order valence-electron chi connectivity index (χ2n) is 6.14.